The van der Waals surface area contributed by atoms with E-state index in [0.717, 1.165) is 10.7 Å². The number of aromatic nitrogens is 3. The third-order valence-corrected chi connectivity index (χ3v) is 3.79. The standard InChI is InChI=1S/C14H18N4O2S/c1-5-20-13(19)11-6-15-14(17-10(11)3)18(4)7-12-16-9(2)8-21-12/h6,8H,5,7H2,1-4H3. The minimum Gasteiger partial charge on any atom is -0.462 e. The van der Waals surface area contributed by atoms with E-state index in [0.29, 0.717) is 30.4 Å². The Morgan fingerprint density at radius 2 is 2.14 bits per heavy atom. The van der Waals surface area contributed by atoms with Crippen molar-refractivity contribution in [3.63, 3.8) is 0 Å². The molecule has 0 spiro atoms. The zero-order valence-corrected chi connectivity index (χ0v) is 13.4. The van der Waals surface area contributed by atoms with E-state index >= 15 is 0 Å². The normalized spacial score (nSPS) is 10.5. The molecule has 6 nitrogen and oxygen atoms in total. The SMILES string of the molecule is CCOC(=O)c1cnc(N(C)Cc2nc(C)cs2)nc1C. The van der Waals surface area contributed by atoms with Crippen LogP contribution in [0.25, 0.3) is 0 Å². The molecule has 2 heterocycles. The van der Waals surface area contributed by atoms with Gasteiger partial charge in [-0.15, -0.1) is 11.3 Å². The maximum absolute atomic E-state index is 11.7. The number of rotatable bonds is 5. The van der Waals surface area contributed by atoms with Crippen LogP contribution in [0, 0.1) is 13.8 Å². The van der Waals surface area contributed by atoms with Gasteiger partial charge in [0.05, 0.1) is 24.4 Å². The first-order valence-electron chi connectivity index (χ1n) is 6.64. The molecule has 112 valence electrons. The fraction of sp³-hybridized carbons (Fsp3) is 0.429. The van der Waals surface area contributed by atoms with Crippen LogP contribution >= 0.6 is 11.3 Å². The number of esters is 1. The highest BCUT2D eigenvalue weighted by Crippen LogP contribution is 2.16. The Hall–Kier alpha value is -2.02. The summed E-state index contributed by atoms with van der Waals surface area (Å²) in [4.78, 5) is 26.6. The highest BCUT2D eigenvalue weighted by atomic mass is 32.1. The molecule has 0 aliphatic rings. The van der Waals surface area contributed by atoms with E-state index in [9.17, 15) is 4.79 Å². The van der Waals surface area contributed by atoms with Gasteiger partial charge >= 0.3 is 5.97 Å². The lowest BCUT2D eigenvalue weighted by molar-refractivity contribution is 0.0524. The predicted molar refractivity (Wildman–Crippen MR) is 81.7 cm³/mol. The Bertz CT molecular complexity index is 642. The summed E-state index contributed by atoms with van der Waals surface area (Å²) in [5.41, 5.74) is 2.03. The van der Waals surface area contributed by atoms with Crippen LogP contribution in [0.1, 0.15) is 33.7 Å². The Morgan fingerprint density at radius 3 is 2.71 bits per heavy atom. The molecule has 0 bridgehead atoms. The second-order valence-electron chi connectivity index (χ2n) is 4.63. The summed E-state index contributed by atoms with van der Waals surface area (Å²) in [5, 5.41) is 3.02. The first-order chi connectivity index (χ1) is 10.0. The van der Waals surface area contributed by atoms with Gasteiger partial charge in [-0.25, -0.2) is 19.7 Å². The summed E-state index contributed by atoms with van der Waals surface area (Å²) < 4.78 is 4.97. The molecular formula is C14H18N4O2S. The van der Waals surface area contributed by atoms with Gasteiger partial charge in [0.1, 0.15) is 5.01 Å². The van der Waals surface area contributed by atoms with Gasteiger partial charge in [-0.1, -0.05) is 0 Å². The molecule has 0 radical (unpaired) electrons. The molecule has 0 atom stereocenters. The van der Waals surface area contributed by atoms with Crippen LogP contribution in [0.15, 0.2) is 11.6 Å². The Morgan fingerprint density at radius 1 is 1.38 bits per heavy atom. The molecule has 0 fully saturated rings. The number of nitrogens with zero attached hydrogens (tertiary/aromatic N) is 4. The minimum absolute atomic E-state index is 0.337. The highest BCUT2D eigenvalue weighted by Gasteiger charge is 2.15. The Balaban J connectivity index is 2.13. The summed E-state index contributed by atoms with van der Waals surface area (Å²) >= 11 is 1.61. The number of hydrogen-bond donors (Lipinski definition) is 0. The number of thiazole rings is 1. The van der Waals surface area contributed by atoms with Crippen molar-refractivity contribution in [1.29, 1.82) is 0 Å². The lowest BCUT2D eigenvalue weighted by Gasteiger charge is -2.16. The Labute approximate surface area is 127 Å². The summed E-state index contributed by atoms with van der Waals surface area (Å²) in [7, 11) is 1.90. The molecule has 0 N–H and O–H groups in total. The van der Waals surface area contributed by atoms with E-state index in [1.807, 2.05) is 24.3 Å². The average molecular weight is 306 g/mol. The van der Waals surface area contributed by atoms with Crippen molar-refractivity contribution < 1.29 is 9.53 Å². The molecule has 21 heavy (non-hydrogen) atoms. The smallest absolute Gasteiger partial charge is 0.341 e. The fourth-order valence-electron chi connectivity index (χ4n) is 1.80. The highest BCUT2D eigenvalue weighted by molar-refractivity contribution is 7.09. The molecule has 2 aromatic rings. The number of carbonyl (C=O) groups is 1. The molecule has 0 unspecified atom stereocenters. The number of anilines is 1. The molecule has 0 amide bonds. The third kappa shape index (κ3) is 3.75. The van der Waals surface area contributed by atoms with Crippen LogP contribution in [0.4, 0.5) is 5.95 Å². The second-order valence-corrected chi connectivity index (χ2v) is 5.57. The zero-order valence-electron chi connectivity index (χ0n) is 12.6. The van der Waals surface area contributed by atoms with Gasteiger partial charge in [0, 0.05) is 24.3 Å². The molecule has 0 aliphatic carbocycles. The first-order valence-corrected chi connectivity index (χ1v) is 7.52. The quantitative estimate of drug-likeness (QED) is 0.790. The van der Waals surface area contributed by atoms with E-state index in [1.54, 1.807) is 25.2 Å². The van der Waals surface area contributed by atoms with Gasteiger partial charge in [0.15, 0.2) is 0 Å². The van der Waals surface area contributed by atoms with Crippen molar-refractivity contribution >= 4 is 23.3 Å². The van der Waals surface area contributed by atoms with Crippen molar-refractivity contribution in [1.82, 2.24) is 15.0 Å². The first kappa shape index (κ1) is 15.4. The minimum atomic E-state index is -0.389. The van der Waals surface area contributed by atoms with Crippen LogP contribution in [-0.2, 0) is 11.3 Å². The summed E-state index contributed by atoms with van der Waals surface area (Å²) in [5.74, 6) is 0.174. The maximum atomic E-state index is 11.7. The Kier molecular flexibility index (Phi) is 4.85. The van der Waals surface area contributed by atoms with Gasteiger partial charge in [-0.2, -0.15) is 0 Å². The van der Waals surface area contributed by atoms with Crippen LogP contribution < -0.4 is 4.90 Å². The van der Waals surface area contributed by atoms with E-state index in [-0.39, 0.29) is 5.97 Å². The van der Waals surface area contributed by atoms with Crippen molar-refractivity contribution in [2.24, 2.45) is 0 Å². The van der Waals surface area contributed by atoms with E-state index in [1.165, 1.54) is 6.20 Å². The predicted octanol–water partition coefficient (Wildman–Crippen LogP) is 2.36. The van der Waals surface area contributed by atoms with Gasteiger partial charge < -0.3 is 9.64 Å². The second kappa shape index (κ2) is 6.62. The molecular weight excluding hydrogens is 288 g/mol. The molecule has 0 aromatic carbocycles. The van der Waals surface area contributed by atoms with Gasteiger partial charge in [-0.05, 0) is 20.8 Å². The lowest BCUT2D eigenvalue weighted by Crippen LogP contribution is -2.20. The largest absolute Gasteiger partial charge is 0.462 e. The van der Waals surface area contributed by atoms with E-state index < -0.39 is 0 Å². The monoisotopic (exact) mass is 306 g/mol. The molecule has 0 saturated heterocycles. The van der Waals surface area contributed by atoms with Crippen LogP contribution in [-0.4, -0.2) is 34.6 Å². The molecule has 2 aromatic heterocycles. The average Bonchev–Trinajstić information content (AvgIpc) is 2.84. The van der Waals surface area contributed by atoms with E-state index in [2.05, 4.69) is 15.0 Å². The summed E-state index contributed by atoms with van der Waals surface area (Å²) in [6.45, 7) is 6.49. The molecule has 2 rings (SSSR count). The molecule has 0 aliphatic heterocycles. The lowest BCUT2D eigenvalue weighted by atomic mass is 10.2. The summed E-state index contributed by atoms with van der Waals surface area (Å²) in [6.07, 6.45) is 1.51. The van der Waals surface area contributed by atoms with Gasteiger partial charge in [0.25, 0.3) is 0 Å². The fourth-order valence-corrected chi connectivity index (χ4v) is 2.62. The summed E-state index contributed by atoms with van der Waals surface area (Å²) in [6, 6.07) is 0. The van der Waals surface area contributed by atoms with Gasteiger partial charge in [-0.3, -0.25) is 0 Å². The number of ether oxygens (including phenoxy) is 1. The molecule has 0 saturated carbocycles. The van der Waals surface area contributed by atoms with E-state index in [4.69, 9.17) is 4.74 Å². The van der Waals surface area contributed by atoms with Crippen molar-refractivity contribution in [2.45, 2.75) is 27.3 Å². The molecule has 7 heteroatoms. The number of aryl methyl sites for hydroxylation is 2. The topological polar surface area (TPSA) is 68.2 Å². The van der Waals surface area contributed by atoms with Crippen LogP contribution in [0.3, 0.4) is 0 Å². The number of carbonyl (C=O) groups excluding carboxylic acids is 1. The third-order valence-electron chi connectivity index (χ3n) is 2.84. The number of hydrogen-bond acceptors (Lipinski definition) is 7. The maximum Gasteiger partial charge on any atom is 0.341 e. The van der Waals surface area contributed by atoms with Crippen LogP contribution in [0.2, 0.25) is 0 Å². The van der Waals surface area contributed by atoms with Gasteiger partial charge in [0.2, 0.25) is 5.95 Å². The van der Waals surface area contributed by atoms with Crippen molar-refractivity contribution in [3.05, 3.63) is 33.5 Å². The van der Waals surface area contributed by atoms with Crippen molar-refractivity contribution in [2.75, 3.05) is 18.6 Å². The zero-order chi connectivity index (χ0) is 15.4. The van der Waals surface area contributed by atoms with Crippen LogP contribution in [0.5, 0.6) is 0 Å². The van der Waals surface area contributed by atoms with Crippen molar-refractivity contribution in [3.8, 4) is 0 Å².